The summed E-state index contributed by atoms with van der Waals surface area (Å²) in [6.45, 7) is 0.242. The molecule has 0 aliphatic rings. The fraction of sp³-hybridized carbons (Fsp3) is 0.0833. The zero-order valence-corrected chi connectivity index (χ0v) is 10.5. The van der Waals surface area contributed by atoms with Gasteiger partial charge < -0.3 is 9.67 Å². The van der Waals surface area contributed by atoms with E-state index in [1.54, 1.807) is 36.1 Å². The molecule has 0 unspecified atom stereocenters. The highest BCUT2D eigenvalue weighted by molar-refractivity contribution is 7.12. The standard InChI is InChI=1S/C12H9N3O3S/c16-11-9-1-3-13-15(9)5-4-14(11)7-8-2-6-19-10(8)12(17)18/h1-6H,7H2,(H,17,18). The maximum Gasteiger partial charge on any atom is 0.346 e. The average molecular weight is 275 g/mol. The van der Waals surface area contributed by atoms with Crippen molar-refractivity contribution in [2.24, 2.45) is 0 Å². The minimum absolute atomic E-state index is 0.192. The van der Waals surface area contributed by atoms with Crippen LogP contribution in [0.3, 0.4) is 0 Å². The molecule has 0 bridgehead atoms. The molecule has 0 radical (unpaired) electrons. The van der Waals surface area contributed by atoms with Crippen LogP contribution in [0.25, 0.3) is 5.52 Å². The number of nitrogens with zero attached hydrogens (tertiary/aromatic N) is 3. The quantitative estimate of drug-likeness (QED) is 0.781. The smallest absolute Gasteiger partial charge is 0.346 e. The Morgan fingerprint density at radius 3 is 3.00 bits per heavy atom. The topological polar surface area (TPSA) is 76.6 Å². The number of aromatic carboxylic acids is 1. The number of fused-ring (bicyclic) bond motifs is 1. The van der Waals surface area contributed by atoms with Gasteiger partial charge in [-0.3, -0.25) is 4.79 Å². The summed E-state index contributed by atoms with van der Waals surface area (Å²) in [5, 5.41) is 14.7. The molecule has 0 aromatic carbocycles. The first kappa shape index (κ1) is 11.7. The first-order valence-electron chi connectivity index (χ1n) is 5.49. The van der Waals surface area contributed by atoms with E-state index >= 15 is 0 Å². The van der Waals surface area contributed by atoms with Gasteiger partial charge in [0.2, 0.25) is 0 Å². The van der Waals surface area contributed by atoms with Crippen LogP contribution < -0.4 is 5.56 Å². The van der Waals surface area contributed by atoms with E-state index in [2.05, 4.69) is 5.10 Å². The van der Waals surface area contributed by atoms with Gasteiger partial charge in [0.05, 0.1) is 12.7 Å². The van der Waals surface area contributed by atoms with Gasteiger partial charge in [0.15, 0.2) is 0 Å². The molecular weight excluding hydrogens is 266 g/mol. The van der Waals surface area contributed by atoms with Crippen molar-refractivity contribution in [2.75, 3.05) is 0 Å². The second-order valence-electron chi connectivity index (χ2n) is 3.97. The summed E-state index contributed by atoms with van der Waals surface area (Å²) in [5.74, 6) is -0.969. The zero-order chi connectivity index (χ0) is 13.4. The van der Waals surface area contributed by atoms with E-state index in [9.17, 15) is 9.59 Å². The van der Waals surface area contributed by atoms with Gasteiger partial charge in [0.25, 0.3) is 5.56 Å². The van der Waals surface area contributed by atoms with Crippen LogP contribution >= 0.6 is 11.3 Å². The van der Waals surface area contributed by atoms with E-state index in [4.69, 9.17) is 5.11 Å². The van der Waals surface area contributed by atoms with Gasteiger partial charge in [-0.15, -0.1) is 11.3 Å². The second kappa shape index (κ2) is 4.36. The molecule has 0 saturated carbocycles. The van der Waals surface area contributed by atoms with E-state index in [-0.39, 0.29) is 17.0 Å². The Balaban J connectivity index is 2.06. The van der Waals surface area contributed by atoms with Gasteiger partial charge in [-0.1, -0.05) is 0 Å². The summed E-state index contributed by atoms with van der Waals surface area (Å²) in [6, 6.07) is 3.35. The fourth-order valence-corrected chi connectivity index (χ4v) is 2.67. The Morgan fingerprint density at radius 1 is 1.37 bits per heavy atom. The van der Waals surface area contributed by atoms with Gasteiger partial charge in [-0.25, -0.2) is 9.31 Å². The van der Waals surface area contributed by atoms with Crippen LogP contribution in [0.1, 0.15) is 15.2 Å². The molecule has 0 amide bonds. The molecule has 0 aliphatic heterocycles. The molecular formula is C12H9N3O3S. The highest BCUT2D eigenvalue weighted by Crippen LogP contribution is 2.17. The van der Waals surface area contributed by atoms with Gasteiger partial charge in [0.1, 0.15) is 10.4 Å². The van der Waals surface area contributed by atoms with Crippen molar-refractivity contribution in [2.45, 2.75) is 6.54 Å². The van der Waals surface area contributed by atoms with Gasteiger partial charge in [-0.05, 0) is 23.1 Å². The highest BCUT2D eigenvalue weighted by Gasteiger charge is 2.13. The second-order valence-corrected chi connectivity index (χ2v) is 4.89. The van der Waals surface area contributed by atoms with E-state index in [1.807, 2.05) is 0 Å². The first-order valence-corrected chi connectivity index (χ1v) is 6.37. The molecule has 1 N–H and O–H groups in total. The largest absolute Gasteiger partial charge is 0.477 e. The van der Waals surface area contributed by atoms with Crippen molar-refractivity contribution in [1.82, 2.24) is 14.2 Å². The number of rotatable bonds is 3. The maximum absolute atomic E-state index is 12.2. The fourth-order valence-electron chi connectivity index (χ4n) is 1.92. The van der Waals surface area contributed by atoms with Crippen LogP contribution in [-0.4, -0.2) is 25.3 Å². The third-order valence-electron chi connectivity index (χ3n) is 2.82. The van der Waals surface area contributed by atoms with Crippen molar-refractivity contribution in [3.05, 3.63) is 56.9 Å². The highest BCUT2D eigenvalue weighted by atomic mass is 32.1. The lowest BCUT2D eigenvalue weighted by Gasteiger charge is -2.05. The molecule has 96 valence electrons. The van der Waals surface area contributed by atoms with Crippen molar-refractivity contribution in [3.8, 4) is 0 Å². The average Bonchev–Trinajstić information content (AvgIpc) is 3.01. The third-order valence-corrected chi connectivity index (χ3v) is 3.76. The summed E-state index contributed by atoms with van der Waals surface area (Å²) in [7, 11) is 0. The summed E-state index contributed by atoms with van der Waals surface area (Å²) >= 11 is 1.16. The third kappa shape index (κ3) is 1.93. The number of carbonyl (C=O) groups is 1. The zero-order valence-electron chi connectivity index (χ0n) is 9.68. The molecule has 3 heterocycles. The van der Waals surface area contributed by atoms with E-state index in [1.165, 1.54) is 9.08 Å². The van der Waals surface area contributed by atoms with Crippen molar-refractivity contribution < 1.29 is 9.90 Å². The Labute approximate surface area is 111 Å². The molecule has 3 aromatic rings. The number of carboxylic acid groups (broad SMARTS) is 1. The van der Waals surface area contributed by atoms with Crippen molar-refractivity contribution in [1.29, 1.82) is 0 Å². The van der Waals surface area contributed by atoms with Crippen molar-refractivity contribution in [3.63, 3.8) is 0 Å². The molecule has 0 fully saturated rings. The van der Waals surface area contributed by atoms with Crippen LogP contribution in [0.4, 0.5) is 0 Å². The van der Waals surface area contributed by atoms with Crippen LogP contribution in [0.2, 0.25) is 0 Å². The monoisotopic (exact) mass is 275 g/mol. The number of hydrogen-bond donors (Lipinski definition) is 1. The molecule has 0 saturated heterocycles. The molecule has 0 aliphatic carbocycles. The number of aromatic nitrogens is 3. The summed E-state index contributed by atoms with van der Waals surface area (Å²) in [6.07, 6.45) is 4.82. The number of hydrogen-bond acceptors (Lipinski definition) is 4. The van der Waals surface area contributed by atoms with Gasteiger partial charge in [-0.2, -0.15) is 5.10 Å². The predicted octanol–water partition coefficient (Wildman–Crippen LogP) is 1.30. The lowest BCUT2D eigenvalue weighted by atomic mass is 10.2. The van der Waals surface area contributed by atoms with E-state index < -0.39 is 5.97 Å². The van der Waals surface area contributed by atoms with Crippen LogP contribution in [0.5, 0.6) is 0 Å². The lowest BCUT2D eigenvalue weighted by molar-refractivity contribution is 0.0701. The van der Waals surface area contributed by atoms with E-state index in [0.29, 0.717) is 11.1 Å². The minimum atomic E-state index is -0.969. The first-order chi connectivity index (χ1) is 9.16. The maximum atomic E-state index is 12.2. The SMILES string of the molecule is O=C(O)c1sccc1Cn1ccn2nccc2c1=O. The summed E-state index contributed by atoms with van der Waals surface area (Å²) < 4.78 is 2.97. The molecule has 0 atom stereocenters. The molecule has 3 rings (SSSR count). The van der Waals surface area contributed by atoms with Gasteiger partial charge >= 0.3 is 5.97 Å². The minimum Gasteiger partial charge on any atom is -0.477 e. The van der Waals surface area contributed by atoms with E-state index in [0.717, 1.165) is 11.3 Å². The number of thiophene rings is 1. The Kier molecular flexibility index (Phi) is 2.68. The molecule has 19 heavy (non-hydrogen) atoms. The Morgan fingerprint density at radius 2 is 2.21 bits per heavy atom. The van der Waals surface area contributed by atoms with Crippen LogP contribution in [0.15, 0.2) is 40.9 Å². The Hall–Kier alpha value is -2.41. The Bertz CT molecular complexity index is 815. The lowest BCUT2D eigenvalue weighted by Crippen LogP contribution is -2.22. The van der Waals surface area contributed by atoms with Crippen LogP contribution in [0, 0.1) is 0 Å². The summed E-state index contributed by atoms with van der Waals surface area (Å²) in [4.78, 5) is 23.5. The van der Waals surface area contributed by atoms with Gasteiger partial charge in [0, 0.05) is 12.4 Å². The van der Waals surface area contributed by atoms with Crippen molar-refractivity contribution >= 4 is 22.8 Å². The molecule has 3 aromatic heterocycles. The molecule has 0 spiro atoms. The molecule has 7 heteroatoms. The molecule has 6 nitrogen and oxygen atoms in total. The van der Waals surface area contributed by atoms with Crippen LogP contribution in [-0.2, 0) is 6.54 Å². The summed E-state index contributed by atoms with van der Waals surface area (Å²) in [5.41, 5.74) is 0.903. The predicted molar refractivity (Wildman–Crippen MR) is 69.8 cm³/mol. The number of carboxylic acids is 1. The normalized spacial score (nSPS) is 10.9.